The number of rotatable bonds is 6. The number of nitrogens with zero attached hydrogens (tertiary/aromatic N) is 2. The van der Waals surface area contributed by atoms with Crippen molar-refractivity contribution in [3.63, 3.8) is 0 Å². The van der Waals surface area contributed by atoms with E-state index >= 15 is 0 Å². The Labute approximate surface area is 183 Å². The van der Waals surface area contributed by atoms with Crippen molar-refractivity contribution in [3.05, 3.63) is 59.2 Å². The molecule has 1 heterocycles. The highest BCUT2D eigenvalue weighted by Crippen LogP contribution is 2.29. The van der Waals surface area contributed by atoms with Crippen LogP contribution in [0.3, 0.4) is 0 Å². The number of carbonyl (C=O) groups excluding carboxylic acids is 2. The summed E-state index contributed by atoms with van der Waals surface area (Å²) < 4.78 is 28.3. The van der Waals surface area contributed by atoms with Crippen LogP contribution in [0.15, 0.2) is 47.4 Å². The van der Waals surface area contributed by atoms with Gasteiger partial charge in [0, 0.05) is 19.0 Å². The Morgan fingerprint density at radius 2 is 1.65 bits per heavy atom. The maximum atomic E-state index is 13.6. The third kappa shape index (κ3) is 4.90. The molecule has 0 bridgehead atoms. The topological polar surface area (TPSA) is 101 Å². The van der Waals surface area contributed by atoms with Crippen molar-refractivity contribution < 1.29 is 18.0 Å². The molecule has 0 spiro atoms. The predicted molar refractivity (Wildman–Crippen MR) is 120 cm³/mol. The van der Waals surface area contributed by atoms with Gasteiger partial charge in [0.05, 0.1) is 10.6 Å². The maximum Gasteiger partial charge on any atom is 0.264 e. The van der Waals surface area contributed by atoms with Gasteiger partial charge in [-0.2, -0.15) is 0 Å². The molecule has 2 N–H and O–H groups in total. The van der Waals surface area contributed by atoms with Crippen molar-refractivity contribution in [3.8, 4) is 0 Å². The van der Waals surface area contributed by atoms with Crippen LogP contribution in [0.4, 0.5) is 5.69 Å². The van der Waals surface area contributed by atoms with Gasteiger partial charge >= 0.3 is 0 Å². The molecular weight excluding hydrogens is 414 g/mol. The monoisotopic (exact) mass is 443 g/mol. The Kier molecular flexibility index (Phi) is 6.69. The number of anilines is 1. The minimum Gasteiger partial charge on any atom is -0.369 e. The van der Waals surface area contributed by atoms with E-state index in [-0.39, 0.29) is 29.2 Å². The zero-order valence-corrected chi connectivity index (χ0v) is 19.0. The first kappa shape index (κ1) is 22.8. The van der Waals surface area contributed by atoms with Gasteiger partial charge in [0.25, 0.3) is 10.0 Å². The van der Waals surface area contributed by atoms with Gasteiger partial charge in [-0.15, -0.1) is 0 Å². The Hall–Kier alpha value is -2.87. The number of amides is 2. The van der Waals surface area contributed by atoms with Crippen LogP contribution >= 0.6 is 0 Å². The highest BCUT2D eigenvalue weighted by atomic mass is 32.2. The Morgan fingerprint density at radius 1 is 1.03 bits per heavy atom. The van der Waals surface area contributed by atoms with E-state index in [9.17, 15) is 18.0 Å². The summed E-state index contributed by atoms with van der Waals surface area (Å²) in [5.41, 5.74) is 8.56. The molecule has 0 aromatic heterocycles. The smallest absolute Gasteiger partial charge is 0.264 e. The quantitative estimate of drug-likeness (QED) is 0.741. The molecular formula is C23H29N3O4S. The van der Waals surface area contributed by atoms with Crippen LogP contribution in [0.1, 0.15) is 29.5 Å². The van der Waals surface area contributed by atoms with E-state index in [1.54, 1.807) is 41.3 Å². The highest BCUT2D eigenvalue weighted by Gasteiger charge is 2.32. The number of nitrogens with two attached hydrogens (primary N) is 1. The molecule has 2 aromatic carbocycles. The van der Waals surface area contributed by atoms with Crippen molar-refractivity contribution in [1.82, 2.24) is 4.90 Å². The molecule has 31 heavy (non-hydrogen) atoms. The van der Waals surface area contributed by atoms with Crippen LogP contribution in [0.5, 0.6) is 0 Å². The molecule has 0 radical (unpaired) electrons. The molecule has 3 rings (SSSR count). The number of benzene rings is 2. The lowest BCUT2D eigenvalue weighted by atomic mass is 9.96. The van der Waals surface area contributed by atoms with Gasteiger partial charge in [0.2, 0.25) is 11.8 Å². The zero-order chi connectivity index (χ0) is 22.8. The summed E-state index contributed by atoms with van der Waals surface area (Å²) >= 11 is 0. The first-order valence-corrected chi connectivity index (χ1v) is 11.8. The third-order valence-corrected chi connectivity index (χ3v) is 7.76. The Morgan fingerprint density at radius 3 is 2.23 bits per heavy atom. The Balaban J connectivity index is 1.93. The van der Waals surface area contributed by atoms with Crippen LogP contribution in [0.2, 0.25) is 0 Å². The number of aryl methyl sites for hydroxylation is 2. The number of primary amides is 1. The van der Waals surface area contributed by atoms with Gasteiger partial charge in [-0.25, -0.2) is 8.42 Å². The van der Waals surface area contributed by atoms with Gasteiger partial charge in [0.1, 0.15) is 6.54 Å². The number of carbonyl (C=O) groups is 2. The van der Waals surface area contributed by atoms with Gasteiger partial charge in [-0.3, -0.25) is 13.9 Å². The molecule has 0 aliphatic carbocycles. The van der Waals surface area contributed by atoms with Crippen LogP contribution in [0.25, 0.3) is 0 Å². The number of hydrogen-bond donors (Lipinski definition) is 1. The van der Waals surface area contributed by atoms with Crippen LogP contribution in [-0.2, 0) is 19.6 Å². The zero-order valence-electron chi connectivity index (χ0n) is 18.2. The fourth-order valence-electron chi connectivity index (χ4n) is 3.78. The second-order valence-corrected chi connectivity index (χ2v) is 9.96. The molecule has 8 heteroatoms. The second-order valence-electron chi connectivity index (χ2n) is 8.10. The normalized spacial score (nSPS) is 15.0. The van der Waals surface area contributed by atoms with E-state index in [0.717, 1.165) is 16.7 Å². The van der Waals surface area contributed by atoms with Crippen LogP contribution in [-0.4, -0.2) is 44.8 Å². The molecule has 0 unspecified atom stereocenters. The van der Waals surface area contributed by atoms with Gasteiger partial charge in [-0.05, 0) is 62.9 Å². The van der Waals surface area contributed by atoms with E-state index in [1.807, 2.05) is 26.8 Å². The minimum atomic E-state index is -3.96. The lowest BCUT2D eigenvalue weighted by Crippen LogP contribution is -2.47. The average molecular weight is 444 g/mol. The first-order valence-electron chi connectivity index (χ1n) is 10.3. The number of sulfonamides is 1. The predicted octanol–water partition coefficient (Wildman–Crippen LogP) is 2.53. The fourth-order valence-corrected chi connectivity index (χ4v) is 5.25. The van der Waals surface area contributed by atoms with Crippen molar-refractivity contribution in [2.24, 2.45) is 11.7 Å². The number of piperidine rings is 1. The molecule has 166 valence electrons. The van der Waals surface area contributed by atoms with E-state index < -0.39 is 10.0 Å². The Bertz CT molecular complexity index is 1070. The standard InChI is InChI=1S/C23H29N3O4S/c1-16-7-9-20(10-8-16)31(29,30)26(21-6-4-5-17(2)18(21)3)15-22(27)25-13-11-19(12-14-25)23(24)28/h4-10,19H,11-15H2,1-3H3,(H2,24,28). The van der Waals surface area contributed by atoms with E-state index in [4.69, 9.17) is 5.73 Å². The molecule has 2 aromatic rings. The number of hydrogen-bond acceptors (Lipinski definition) is 4. The molecule has 1 aliphatic heterocycles. The summed E-state index contributed by atoms with van der Waals surface area (Å²) in [5, 5.41) is 0. The van der Waals surface area contributed by atoms with Gasteiger partial charge in [-0.1, -0.05) is 29.8 Å². The number of likely N-dealkylation sites (tertiary alicyclic amines) is 1. The van der Waals surface area contributed by atoms with Crippen molar-refractivity contribution in [1.29, 1.82) is 0 Å². The molecule has 1 saturated heterocycles. The van der Waals surface area contributed by atoms with Crippen molar-refractivity contribution in [2.45, 2.75) is 38.5 Å². The lowest BCUT2D eigenvalue weighted by molar-refractivity contribution is -0.133. The summed E-state index contributed by atoms with van der Waals surface area (Å²) in [4.78, 5) is 26.2. The van der Waals surface area contributed by atoms with Crippen molar-refractivity contribution >= 4 is 27.5 Å². The molecule has 1 fully saturated rings. The summed E-state index contributed by atoms with van der Waals surface area (Å²) in [6.07, 6.45) is 0.991. The van der Waals surface area contributed by atoms with E-state index in [0.29, 0.717) is 31.6 Å². The first-order chi connectivity index (χ1) is 14.6. The molecule has 7 nitrogen and oxygen atoms in total. The van der Waals surface area contributed by atoms with Gasteiger partial charge in [0.15, 0.2) is 0 Å². The maximum absolute atomic E-state index is 13.6. The molecule has 2 amide bonds. The second kappa shape index (κ2) is 9.09. The van der Waals surface area contributed by atoms with E-state index in [2.05, 4.69) is 0 Å². The molecule has 1 aliphatic rings. The highest BCUT2D eigenvalue weighted by molar-refractivity contribution is 7.92. The van der Waals surface area contributed by atoms with Crippen LogP contribution < -0.4 is 10.0 Å². The van der Waals surface area contributed by atoms with Crippen molar-refractivity contribution in [2.75, 3.05) is 23.9 Å². The fraction of sp³-hybridized carbons (Fsp3) is 0.391. The summed E-state index contributed by atoms with van der Waals surface area (Å²) in [5.74, 6) is -0.888. The average Bonchev–Trinajstić information content (AvgIpc) is 2.74. The van der Waals surface area contributed by atoms with E-state index in [1.165, 1.54) is 4.31 Å². The molecule has 0 saturated carbocycles. The van der Waals surface area contributed by atoms with Crippen LogP contribution in [0, 0.1) is 26.7 Å². The largest absolute Gasteiger partial charge is 0.369 e. The third-order valence-electron chi connectivity index (χ3n) is 5.98. The lowest BCUT2D eigenvalue weighted by Gasteiger charge is -2.33. The summed E-state index contributed by atoms with van der Waals surface area (Å²) in [7, 11) is -3.96. The summed E-state index contributed by atoms with van der Waals surface area (Å²) in [6, 6.07) is 12.0. The van der Waals surface area contributed by atoms with Gasteiger partial charge < -0.3 is 10.6 Å². The minimum absolute atomic E-state index is 0.138. The SMILES string of the molecule is Cc1ccc(S(=O)(=O)N(CC(=O)N2CCC(C(N)=O)CC2)c2cccc(C)c2C)cc1. The molecule has 0 atom stereocenters. The summed E-state index contributed by atoms with van der Waals surface area (Å²) in [6.45, 7) is 6.12.